The number of nitrogens with one attached hydrogen (secondary N) is 1. The summed E-state index contributed by atoms with van der Waals surface area (Å²) in [6.45, 7) is 4.42. The predicted octanol–water partition coefficient (Wildman–Crippen LogP) is 1.88. The van der Waals surface area contributed by atoms with Gasteiger partial charge in [-0.2, -0.15) is 0 Å². The molecule has 0 spiro atoms. The number of hydrogen-bond acceptors (Lipinski definition) is 3. The van der Waals surface area contributed by atoms with Gasteiger partial charge in [0.1, 0.15) is 0 Å². The zero-order chi connectivity index (χ0) is 11.3. The summed E-state index contributed by atoms with van der Waals surface area (Å²) >= 11 is 0. The normalized spacial score (nSPS) is 12.9. The summed E-state index contributed by atoms with van der Waals surface area (Å²) in [6.07, 6.45) is 0.936. The van der Waals surface area contributed by atoms with E-state index in [4.69, 9.17) is 4.74 Å². The molecule has 0 aliphatic carbocycles. The molecule has 1 aromatic heterocycles. The molecular formula is C12H20N2O. The molecule has 15 heavy (non-hydrogen) atoms. The van der Waals surface area contributed by atoms with Crippen LogP contribution >= 0.6 is 0 Å². The molecular weight excluding hydrogens is 188 g/mol. The summed E-state index contributed by atoms with van der Waals surface area (Å²) in [5.74, 6) is 1.29. The molecule has 1 unspecified atom stereocenters. The fraction of sp³-hybridized carbons (Fsp3) is 0.583. The Labute approximate surface area is 91.9 Å². The molecule has 0 radical (unpaired) electrons. The highest BCUT2D eigenvalue weighted by atomic mass is 16.5. The Hall–Kier alpha value is -1.09. The van der Waals surface area contributed by atoms with Crippen LogP contribution in [0.3, 0.4) is 0 Å². The van der Waals surface area contributed by atoms with Gasteiger partial charge in [0.15, 0.2) is 0 Å². The van der Waals surface area contributed by atoms with Gasteiger partial charge in [-0.05, 0) is 19.0 Å². The number of ether oxygens (including phenoxy) is 1. The number of methoxy groups -OCH3 is 1. The van der Waals surface area contributed by atoms with Gasteiger partial charge >= 0.3 is 0 Å². The van der Waals surface area contributed by atoms with Gasteiger partial charge in [-0.1, -0.05) is 19.9 Å². The average molecular weight is 208 g/mol. The van der Waals surface area contributed by atoms with E-state index in [-0.39, 0.29) is 0 Å². The highest BCUT2D eigenvalue weighted by Crippen LogP contribution is 2.11. The molecule has 3 heteroatoms. The van der Waals surface area contributed by atoms with Crippen LogP contribution in [-0.4, -0.2) is 25.2 Å². The molecule has 0 fully saturated rings. The van der Waals surface area contributed by atoms with Crippen molar-refractivity contribution in [3.05, 3.63) is 23.9 Å². The number of rotatable bonds is 5. The van der Waals surface area contributed by atoms with E-state index >= 15 is 0 Å². The second-order valence-electron chi connectivity index (χ2n) is 4.01. The molecule has 0 saturated carbocycles. The minimum absolute atomic E-state index is 0.463. The van der Waals surface area contributed by atoms with Gasteiger partial charge in [0.2, 0.25) is 5.88 Å². The second-order valence-corrected chi connectivity index (χ2v) is 4.01. The molecule has 1 atom stereocenters. The van der Waals surface area contributed by atoms with E-state index in [1.807, 2.05) is 25.2 Å². The van der Waals surface area contributed by atoms with Crippen LogP contribution in [0.25, 0.3) is 0 Å². The lowest BCUT2D eigenvalue weighted by Crippen LogP contribution is -2.33. The largest absolute Gasteiger partial charge is 0.481 e. The Bertz CT molecular complexity index is 299. The van der Waals surface area contributed by atoms with Crippen LogP contribution in [0.1, 0.15) is 19.5 Å². The van der Waals surface area contributed by atoms with Crippen LogP contribution in [0.15, 0.2) is 18.2 Å². The van der Waals surface area contributed by atoms with Crippen molar-refractivity contribution in [3.63, 3.8) is 0 Å². The maximum atomic E-state index is 5.10. The van der Waals surface area contributed by atoms with Crippen molar-refractivity contribution < 1.29 is 4.74 Å². The highest BCUT2D eigenvalue weighted by molar-refractivity contribution is 5.16. The van der Waals surface area contributed by atoms with Crippen LogP contribution in [0, 0.1) is 5.92 Å². The van der Waals surface area contributed by atoms with Crippen molar-refractivity contribution in [1.82, 2.24) is 10.3 Å². The van der Waals surface area contributed by atoms with Gasteiger partial charge in [0, 0.05) is 24.2 Å². The Morgan fingerprint density at radius 3 is 2.67 bits per heavy atom. The second kappa shape index (κ2) is 5.71. The molecule has 1 N–H and O–H groups in total. The molecule has 0 bridgehead atoms. The lowest BCUT2D eigenvalue weighted by molar-refractivity contribution is 0.389. The van der Waals surface area contributed by atoms with E-state index in [1.54, 1.807) is 7.11 Å². The van der Waals surface area contributed by atoms with Crippen molar-refractivity contribution in [2.24, 2.45) is 5.92 Å². The summed E-state index contributed by atoms with van der Waals surface area (Å²) in [5, 5.41) is 3.31. The zero-order valence-corrected chi connectivity index (χ0v) is 9.95. The van der Waals surface area contributed by atoms with Crippen molar-refractivity contribution in [1.29, 1.82) is 0 Å². The van der Waals surface area contributed by atoms with Crippen molar-refractivity contribution in [2.75, 3.05) is 14.2 Å². The van der Waals surface area contributed by atoms with E-state index in [1.165, 1.54) is 0 Å². The number of aromatic nitrogens is 1. The van der Waals surface area contributed by atoms with Crippen molar-refractivity contribution in [2.45, 2.75) is 26.3 Å². The molecule has 0 aliphatic heterocycles. The summed E-state index contributed by atoms with van der Waals surface area (Å²) in [4.78, 5) is 4.40. The van der Waals surface area contributed by atoms with Crippen LogP contribution in [0.5, 0.6) is 5.88 Å². The van der Waals surface area contributed by atoms with Gasteiger partial charge in [0.05, 0.1) is 7.11 Å². The number of hydrogen-bond donors (Lipinski definition) is 1. The third-order valence-electron chi connectivity index (χ3n) is 2.59. The first-order valence-corrected chi connectivity index (χ1v) is 5.34. The van der Waals surface area contributed by atoms with Crippen LogP contribution in [0.4, 0.5) is 0 Å². The van der Waals surface area contributed by atoms with Gasteiger partial charge < -0.3 is 10.1 Å². The number of pyridine rings is 1. The first kappa shape index (κ1) is 12.0. The quantitative estimate of drug-likeness (QED) is 0.802. The Balaban J connectivity index is 2.70. The van der Waals surface area contributed by atoms with E-state index in [0.29, 0.717) is 17.8 Å². The van der Waals surface area contributed by atoms with Crippen molar-refractivity contribution in [3.8, 4) is 5.88 Å². The van der Waals surface area contributed by atoms with E-state index in [0.717, 1.165) is 12.1 Å². The maximum Gasteiger partial charge on any atom is 0.213 e. The first-order valence-electron chi connectivity index (χ1n) is 5.34. The number of nitrogens with zero attached hydrogens (tertiary/aromatic N) is 1. The molecule has 0 amide bonds. The van der Waals surface area contributed by atoms with Gasteiger partial charge in [0.25, 0.3) is 0 Å². The van der Waals surface area contributed by atoms with E-state index in [2.05, 4.69) is 24.1 Å². The van der Waals surface area contributed by atoms with E-state index < -0.39 is 0 Å². The Kier molecular flexibility index (Phi) is 4.56. The lowest BCUT2D eigenvalue weighted by Gasteiger charge is -2.19. The highest BCUT2D eigenvalue weighted by Gasteiger charge is 2.12. The third kappa shape index (κ3) is 3.51. The molecule has 3 nitrogen and oxygen atoms in total. The Morgan fingerprint density at radius 2 is 2.13 bits per heavy atom. The Morgan fingerprint density at radius 1 is 1.40 bits per heavy atom. The maximum absolute atomic E-state index is 5.10. The van der Waals surface area contributed by atoms with Gasteiger partial charge in [-0.25, -0.2) is 4.98 Å². The molecule has 0 saturated heterocycles. The van der Waals surface area contributed by atoms with E-state index in [9.17, 15) is 0 Å². The smallest absolute Gasteiger partial charge is 0.213 e. The van der Waals surface area contributed by atoms with Gasteiger partial charge in [-0.15, -0.1) is 0 Å². The fourth-order valence-electron chi connectivity index (χ4n) is 1.58. The molecule has 1 aromatic rings. The lowest BCUT2D eigenvalue weighted by atomic mass is 9.99. The average Bonchev–Trinajstić information content (AvgIpc) is 2.25. The predicted molar refractivity (Wildman–Crippen MR) is 62.2 cm³/mol. The fourth-order valence-corrected chi connectivity index (χ4v) is 1.58. The summed E-state index contributed by atoms with van der Waals surface area (Å²) < 4.78 is 5.10. The zero-order valence-electron chi connectivity index (χ0n) is 9.95. The molecule has 1 heterocycles. The molecule has 0 aliphatic rings. The molecule has 0 aromatic carbocycles. The summed E-state index contributed by atoms with van der Waals surface area (Å²) in [7, 11) is 3.63. The van der Waals surface area contributed by atoms with Gasteiger partial charge in [-0.3, -0.25) is 0 Å². The SMILES string of the molecule is CNC(Cc1cccc(OC)n1)C(C)C. The minimum atomic E-state index is 0.463. The summed E-state index contributed by atoms with van der Waals surface area (Å²) in [5.41, 5.74) is 1.07. The standard InChI is InChI=1S/C12H20N2O/c1-9(2)11(13-3)8-10-6-5-7-12(14-10)15-4/h5-7,9,11,13H,8H2,1-4H3. The monoisotopic (exact) mass is 208 g/mol. The summed E-state index contributed by atoms with van der Waals surface area (Å²) in [6, 6.07) is 6.35. The topological polar surface area (TPSA) is 34.1 Å². The molecule has 1 rings (SSSR count). The third-order valence-corrected chi connectivity index (χ3v) is 2.59. The van der Waals surface area contributed by atoms with Crippen LogP contribution in [0.2, 0.25) is 0 Å². The van der Waals surface area contributed by atoms with Crippen LogP contribution < -0.4 is 10.1 Å². The van der Waals surface area contributed by atoms with Crippen molar-refractivity contribution >= 4 is 0 Å². The number of likely N-dealkylation sites (N-methyl/N-ethyl adjacent to an activating group) is 1. The first-order chi connectivity index (χ1) is 7.17. The minimum Gasteiger partial charge on any atom is -0.481 e. The van der Waals surface area contributed by atoms with Crippen LogP contribution in [-0.2, 0) is 6.42 Å². The molecule has 84 valence electrons.